The quantitative estimate of drug-likeness (QED) is 0.301. The second-order valence-corrected chi connectivity index (χ2v) is 9.03. The molecule has 1 aliphatic heterocycles. The summed E-state index contributed by atoms with van der Waals surface area (Å²) in [5, 5.41) is 17.8. The molecule has 1 aromatic heterocycles. The number of imidazole rings is 1. The first-order chi connectivity index (χ1) is 16.3. The van der Waals surface area contributed by atoms with Gasteiger partial charge in [-0.2, -0.15) is 0 Å². The molecule has 0 aliphatic carbocycles. The molecular formula is C27H30N6O. The Labute approximate surface area is 199 Å². The molecule has 0 spiro atoms. The van der Waals surface area contributed by atoms with Crippen LogP contribution in [0, 0.1) is 24.7 Å². The first kappa shape index (κ1) is 21.9. The number of aromatic nitrogens is 2. The summed E-state index contributed by atoms with van der Waals surface area (Å²) in [6.45, 7) is 7.65. The Balaban J connectivity index is 1.54. The number of rotatable bonds is 4. The highest BCUT2D eigenvalue weighted by atomic mass is 16.5. The van der Waals surface area contributed by atoms with Crippen LogP contribution < -0.4 is 10.5 Å². The summed E-state index contributed by atoms with van der Waals surface area (Å²) < 4.78 is 8.58. The van der Waals surface area contributed by atoms with Crippen molar-refractivity contribution in [1.29, 1.82) is 10.8 Å². The molecule has 7 nitrogen and oxygen atoms in total. The molecule has 0 radical (unpaired) electrons. The van der Waals surface area contributed by atoms with Gasteiger partial charge in [0, 0.05) is 42.4 Å². The zero-order valence-corrected chi connectivity index (χ0v) is 19.9. The SMILES string of the molecule is CC(=N)N1CCC(Oc2ccc3c(nc(C)n3-c3ccc(C(=N)N)c4ccccc34)c2C)CC1. The van der Waals surface area contributed by atoms with E-state index in [1.807, 2.05) is 44.2 Å². The van der Waals surface area contributed by atoms with Crippen LogP contribution in [-0.2, 0) is 0 Å². The maximum absolute atomic E-state index is 7.96. The number of nitrogens with one attached hydrogen (secondary N) is 2. The van der Waals surface area contributed by atoms with Crippen LogP contribution in [0.2, 0.25) is 0 Å². The van der Waals surface area contributed by atoms with Gasteiger partial charge in [-0.1, -0.05) is 24.3 Å². The smallest absolute Gasteiger partial charge is 0.124 e. The summed E-state index contributed by atoms with van der Waals surface area (Å²) in [6, 6.07) is 16.1. The number of hydrogen-bond acceptors (Lipinski definition) is 4. The molecule has 0 atom stereocenters. The number of fused-ring (bicyclic) bond motifs is 2. The predicted molar refractivity (Wildman–Crippen MR) is 138 cm³/mol. The maximum Gasteiger partial charge on any atom is 0.124 e. The first-order valence-corrected chi connectivity index (χ1v) is 11.7. The third kappa shape index (κ3) is 3.67. The van der Waals surface area contributed by atoms with Crippen molar-refractivity contribution in [2.75, 3.05) is 13.1 Å². The first-order valence-electron chi connectivity index (χ1n) is 11.7. The summed E-state index contributed by atoms with van der Waals surface area (Å²) in [4.78, 5) is 7.02. The summed E-state index contributed by atoms with van der Waals surface area (Å²) in [7, 11) is 0. The number of amidine groups is 2. The average Bonchev–Trinajstić information content (AvgIpc) is 3.17. The van der Waals surface area contributed by atoms with Crippen LogP contribution in [0.25, 0.3) is 27.5 Å². The Kier molecular flexibility index (Phi) is 5.48. The minimum Gasteiger partial charge on any atom is -0.490 e. The highest BCUT2D eigenvalue weighted by Crippen LogP contribution is 2.34. The van der Waals surface area contributed by atoms with Gasteiger partial charge < -0.3 is 15.4 Å². The number of hydrogen-bond donors (Lipinski definition) is 3. The molecular weight excluding hydrogens is 424 g/mol. The Bertz CT molecular complexity index is 1430. The predicted octanol–water partition coefficient (Wildman–Crippen LogP) is 4.92. The molecule has 5 rings (SSSR count). The van der Waals surface area contributed by atoms with E-state index in [1.165, 1.54) is 0 Å². The molecule has 7 heteroatoms. The van der Waals surface area contributed by atoms with E-state index in [-0.39, 0.29) is 11.9 Å². The van der Waals surface area contributed by atoms with Gasteiger partial charge >= 0.3 is 0 Å². The molecule has 0 saturated carbocycles. The molecule has 2 heterocycles. The van der Waals surface area contributed by atoms with E-state index in [2.05, 4.69) is 34.6 Å². The molecule has 174 valence electrons. The standard InChI is InChI=1S/C27H30N6O/c1-16-25(34-19-12-14-32(15-13-19)17(2)28)11-10-24-26(16)31-18(3)33(24)23-9-8-22(27(29)30)20-6-4-5-7-21(20)23/h4-11,19,28H,12-15H2,1-3H3,(H3,29,30). The minimum absolute atomic E-state index is 0.0641. The fraction of sp³-hybridized carbons (Fsp3) is 0.296. The van der Waals surface area contributed by atoms with E-state index in [0.717, 1.165) is 76.1 Å². The Morgan fingerprint density at radius 1 is 1.00 bits per heavy atom. The van der Waals surface area contributed by atoms with Crippen LogP contribution in [0.3, 0.4) is 0 Å². The number of piperidine rings is 1. The molecule has 4 N–H and O–H groups in total. The van der Waals surface area contributed by atoms with Crippen molar-refractivity contribution in [1.82, 2.24) is 14.5 Å². The Hall–Kier alpha value is -3.87. The molecule has 34 heavy (non-hydrogen) atoms. The Morgan fingerprint density at radius 2 is 1.71 bits per heavy atom. The number of aryl methyl sites for hydroxylation is 2. The van der Waals surface area contributed by atoms with Crippen LogP contribution in [0.1, 0.15) is 36.7 Å². The van der Waals surface area contributed by atoms with Crippen LogP contribution >= 0.6 is 0 Å². The normalized spacial score (nSPS) is 14.6. The summed E-state index contributed by atoms with van der Waals surface area (Å²) in [5.41, 5.74) is 10.6. The number of nitrogens with two attached hydrogens (primary N) is 1. The highest BCUT2D eigenvalue weighted by Gasteiger charge is 2.23. The van der Waals surface area contributed by atoms with Gasteiger partial charge in [0.15, 0.2) is 0 Å². The lowest BCUT2D eigenvalue weighted by molar-refractivity contribution is 0.130. The molecule has 4 aromatic rings. The van der Waals surface area contributed by atoms with Crippen molar-refractivity contribution in [3.05, 3.63) is 65.5 Å². The zero-order valence-electron chi connectivity index (χ0n) is 19.9. The van der Waals surface area contributed by atoms with E-state index in [0.29, 0.717) is 5.84 Å². The third-order valence-corrected chi connectivity index (χ3v) is 6.84. The van der Waals surface area contributed by atoms with Crippen molar-refractivity contribution in [3.8, 4) is 11.4 Å². The van der Waals surface area contributed by atoms with Crippen LogP contribution in [0.15, 0.2) is 48.5 Å². The van der Waals surface area contributed by atoms with Crippen molar-refractivity contribution in [2.45, 2.75) is 39.7 Å². The molecule has 0 bridgehead atoms. The van der Waals surface area contributed by atoms with Gasteiger partial charge in [0.2, 0.25) is 0 Å². The van der Waals surface area contributed by atoms with Gasteiger partial charge in [-0.05, 0) is 50.4 Å². The number of nitrogen functional groups attached to an aromatic ring is 1. The molecule has 0 unspecified atom stereocenters. The average molecular weight is 455 g/mol. The van der Waals surface area contributed by atoms with E-state index in [1.54, 1.807) is 0 Å². The topological polar surface area (TPSA) is 104 Å². The molecule has 3 aromatic carbocycles. The molecule has 1 fully saturated rings. The van der Waals surface area contributed by atoms with Gasteiger partial charge in [-0.3, -0.25) is 15.4 Å². The zero-order chi connectivity index (χ0) is 24.0. The molecule has 1 aliphatic rings. The summed E-state index contributed by atoms with van der Waals surface area (Å²) in [6.07, 6.45) is 1.98. The second-order valence-electron chi connectivity index (χ2n) is 9.03. The van der Waals surface area contributed by atoms with Gasteiger partial charge in [0.25, 0.3) is 0 Å². The monoisotopic (exact) mass is 454 g/mol. The van der Waals surface area contributed by atoms with Crippen molar-refractivity contribution in [2.24, 2.45) is 5.73 Å². The fourth-order valence-corrected chi connectivity index (χ4v) is 5.01. The van der Waals surface area contributed by atoms with Gasteiger partial charge in [-0.15, -0.1) is 0 Å². The number of nitrogens with zero attached hydrogens (tertiary/aromatic N) is 3. The number of ether oxygens (including phenoxy) is 1. The minimum atomic E-state index is 0.0641. The van der Waals surface area contributed by atoms with E-state index >= 15 is 0 Å². The van der Waals surface area contributed by atoms with Gasteiger partial charge in [0.05, 0.1) is 22.6 Å². The maximum atomic E-state index is 7.96. The van der Waals surface area contributed by atoms with Crippen LogP contribution in [0.5, 0.6) is 5.75 Å². The van der Waals surface area contributed by atoms with Crippen molar-refractivity contribution < 1.29 is 4.74 Å². The number of benzene rings is 3. The van der Waals surface area contributed by atoms with Crippen molar-refractivity contribution in [3.63, 3.8) is 0 Å². The third-order valence-electron chi connectivity index (χ3n) is 6.84. The molecule has 1 saturated heterocycles. The molecule has 0 amide bonds. The fourth-order valence-electron chi connectivity index (χ4n) is 5.01. The Morgan fingerprint density at radius 3 is 2.38 bits per heavy atom. The highest BCUT2D eigenvalue weighted by molar-refractivity contribution is 6.10. The van der Waals surface area contributed by atoms with Gasteiger partial charge in [0.1, 0.15) is 23.5 Å². The lowest BCUT2D eigenvalue weighted by Gasteiger charge is -2.33. The van der Waals surface area contributed by atoms with E-state index in [9.17, 15) is 0 Å². The summed E-state index contributed by atoms with van der Waals surface area (Å²) >= 11 is 0. The lowest BCUT2D eigenvalue weighted by Crippen LogP contribution is -2.40. The lowest BCUT2D eigenvalue weighted by atomic mass is 10.0. The number of likely N-dealkylation sites (tertiary alicyclic amines) is 1. The van der Waals surface area contributed by atoms with Crippen LogP contribution in [0.4, 0.5) is 0 Å². The van der Waals surface area contributed by atoms with Gasteiger partial charge in [-0.25, -0.2) is 4.98 Å². The van der Waals surface area contributed by atoms with E-state index in [4.69, 9.17) is 26.3 Å². The largest absolute Gasteiger partial charge is 0.490 e. The van der Waals surface area contributed by atoms with Crippen molar-refractivity contribution >= 4 is 33.5 Å². The van der Waals surface area contributed by atoms with Crippen LogP contribution in [-0.4, -0.2) is 45.3 Å². The second kappa shape index (κ2) is 8.48. The summed E-state index contributed by atoms with van der Waals surface area (Å²) in [5.74, 6) is 2.46. The van der Waals surface area contributed by atoms with E-state index < -0.39 is 0 Å².